The maximum Gasteiger partial charge on any atom is 0.390 e. The minimum absolute atomic E-state index is 0.0604. The fraction of sp³-hybridized carbons (Fsp3) is 0.0714. The number of hydrazine groups is 1. The second kappa shape index (κ2) is 9.44. The summed E-state index contributed by atoms with van der Waals surface area (Å²) < 4.78 is 2.89. The average molecular weight is 479 g/mol. The Labute approximate surface area is 207 Å². The van der Waals surface area contributed by atoms with Crippen molar-refractivity contribution in [2.45, 2.75) is 5.54 Å². The van der Waals surface area contributed by atoms with Gasteiger partial charge in [-0.25, -0.2) is 10.2 Å². The van der Waals surface area contributed by atoms with E-state index in [2.05, 4.69) is 10.9 Å². The lowest BCUT2D eigenvalue weighted by Crippen LogP contribution is -2.57. The topological polar surface area (TPSA) is 93.1 Å². The zero-order valence-electron chi connectivity index (χ0n) is 19.5. The van der Waals surface area contributed by atoms with Crippen molar-refractivity contribution in [1.29, 1.82) is 0 Å². The number of aromatic nitrogens is 2. The zero-order valence-corrected chi connectivity index (χ0v) is 19.5. The summed E-state index contributed by atoms with van der Waals surface area (Å²) in [7, 11) is 1.67. The smallest absolute Gasteiger partial charge is 0.267 e. The molecule has 0 fully saturated rings. The van der Waals surface area contributed by atoms with Crippen LogP contribution in [0.15, 0.2) is 115 Å². The van der Waals surface area contributed by atoms with Crippen LogP contribution in [0, 0.1) is 10.1 Å². The van der Waals surface area contributed by atoms with Crippen LogP contribution in [0.25, 0.3) is 10.9 Å². The third-order valence-electron chi connectivity index (χ3n) is 6.29. The highest BCUT2D eigenvalue weighted by Crippen LogP contribution is 2.36. The number of nitrogens with zero attached hydrogens (tertiary/aromatic N) is 3. The van der Waals surface area contributed by atoms with Crippen molar-refractivity contribution in [2.24, 2.45) is 7.05 Å². The van der Waals surface area contributed by atoms with Crippen LogP contribution in [-0.4, -0.2) is 15.6 Å². The second-order valence-electron chi connectivity index (χ2n) is 8.38. The molecular weight excluding hydrogens is 454 g/mol. The summed E-state index contributed by atoms with van der Waals surface area (Å²) in [5, 5.41) is 11.9. The lowest BCUT2D eigenvalue weighted by Gasteiger charge is -2.36. The first-order chi connectivity index (χ1) is 17.5. The van der Waals surface area contributed by atoms with Crippen molar-refractivity contribution >= 4 is 22.6 Å². The number of aryl methyl sites for hydroxylation is 1. The molecule has 0 aliphatic heterocycles. The molecule has 1 amide bonds. The number of hydrogen-bond donors (Lipinski definition) is 2. The second-order valence-corrected chi connectivity index (χ2v) is 8.38. The van der Waals surface area contributed by atoms with Crippen LogP contribution in [0.5, 0.6) is 0 Å². The van der Waals surface area contributed by atoms with Gasteiger partial charge in [0.15, 0.2) is 7.05 Å². The van der Waals surface area contributed by atoms with Crippen LogP contribution in [0.3, 0.4) is 0 Å². The van der Waals surface area contributed by atoms with E-state index >= 15 is 0 Å². The van der Waals surface area contributed by atoms with Gasteiger partial charge in [-0.15, -0.1) is 4.68 Å². The summed E-state index contributed by atoms with van der Waals surface area (Å²) in [5.41, 5.74) is 8.47. The first kappa shape index (κ1) is 22.9. The molecule has 4 aromatic carbocycles. The molecule has 0 saturated carbocycles. The van der Waals surface area contributed by atoms with E-state index < -0.39 is 16.5 Å². The summed E-state index contributed by atoms with van der Waals surface area (Å²) in [4.78, 5) is 24.6. The number of non-ortho nitro benzene ring substituents is 1. The highest BCUT2D eigenvalue weighted by molar-refractivity contribution is 5.93. The molecule has 1 aromatic heterocycles. The SMILES string of the molecule is C[n+]1cc2c([N+](=O)[O-])cccc2n1C(=O)NNC(c1ccccc1)(c1ccccc1)c1ccccc1. The number of nitro benzene ring substituents is 1. The molecule has 0 atom stereocenters. The first-order valence-corrected chi connectivity index (χ1v) is 11.4. The minimum atomic E-state index is -0.910. The van der Waals surface area contributed by atoms with Crippen molar-refractivity contribution in [3.8, 4) is 0 Å². The summed E-state index contributed by atoms with van der Waals surface area (Å²) in [5.74, 6) is 0. The van der Waals surface area contributed by atoms with Crippen molar-refractivity contribution in [3.05, 3.63) is 142 Å². The fourth-order valence-electron chi connectivity index (χ4n) is 4.67. The van der Waals surface area contributed by atoms with Gasteiger partial charge in [0.2, 0.25) is 6.20 Å². The zero-order chi connectivity index (χ0) is 25.1. The molecule has 178 valence electrons. The Kier molecular flexibility index (Phi) is 6.02. The molecule has 36 heavy (non-hydrogen) atoms. The van der Waals surface area contributed by atoms with Crippen LogP contribution in [-0.2, 0) is 12.6 Å². The maximum absolute atomic E-state index is 13.6. The van der Waals surface area contributed by atoms with Gasteiger partial charge in [-0.2, -0.15) is 0 Å². The minimum Gasteiger partial charge on any atom is -0.267 e. The lowest BCUT2D eigenvalue weighted by molar-refractivity contribution is -0.739. The van der Waals surface area contributed by atoms with Gasteiger partial charge < -0.3 is 0 Å². The molecule has 0 unspecified atom stereocenters. The monoisotopic (exact) mass is 478 g/mol. The van der Waals surface area contributed by atoms with Gasteiger partial charge in [0.1, 0.15) is 16.4 Å². The van der Waals surface area contributed by atoms with E-state index in [0.717, 1.165) is 16.7 Å². The van der Waals surface area contributed by atoms with E-state index in [-0.39, 0.29) is 5.69 Å². The van der Waals surface area contributed by atoms with E-state index in [4.69, 9.17) is 0 Å². The first-order valence-electron chi connectivity index (χ1n) is 11.4. The Morgan fingerprint density at radius 3 is 1.78 bits per heavy atom. The number of nitro groups is 1. The van der Waals surface area contributed by atoms with E-state index in [1.807, 2.05) is 91.0 Å². The standard InChI is InChI=1S/C28H23N5O3/c1-31-20-24-25(18-11-19-26(24)33(35)36)32(31)27(34)29-30-28(21-12-5-2-6-13-21,22-14-7-3-8-15-22)23-16-9-4-10-17-23/h2-20,30H,1H3/p+1. The molecule has 0 aliphatic carbocycles. The predicted octanol–water partition coefficient (Wildman–Crippen LogP) is 4.43. The third kappa shape index (κ3) is 3.89. The Bertz CT molecular complexity index is 1440. The molecule has 1 heterocycles. The van der Waals surface area contributed by atoms with Gasteiger partial charge >= 0.3 is 6.03 Å². The van der Waals surface area contributed by atoms with Gasteiger partial charge in [-0.05, 0) is 22.8 Å². The van der Waals surface area contributed by atoms with Crippen LogP contribution in [0.1, 0.15) is 16.7 Å². The molecule has 8 nitrogen and oxygen atoms in total. The van der Waals surface area contributed by atoms with Crippen molar-refractivity contribution in [3.63, 3.8) is 0 Å². The molecule has 8 heteroatoms. The molecule has 0 saturated heterocycles. The normalized spacial score (nSPS) is 11.4. The average Bonchev–Trinajstić information content (AvgIpc) is 3.26. The van der Waals surface area contributed by atoms with Crippen molar-refractivity contribution in [2.75, 3.05) is 0 Å². The number of carbonyl (C=O) groups is 1. The largest absolute Gasteiger partial charge is 0.390 e. The summed E-state index contributed by atoms with van der Waals surface area (Å²) in [6.45, 7) is 0. The number of nitrogens with one attached hydrogen (secondary N) is 2. The molecule has 5 aromatic rings. The molecule has 0 radical (unpaired) electrons. The van der Waals surface area contributed by atoms with Gasteiger partial charge in [0.05, 0.1) is 4.92 Å². The van der Waals surface area contributed by atoms with E-state index in [9.17, 15) is 14.9 Å². The number of fused-ring (bicyclic) bond motifs is 1. The van der Waals surface area contributed by atoms with Gasteiger partial charge in [0.25, 0.3) is 5.69 Å². The number of rotatable bonds is 6. The number of carbonyl (C=O) groups excluding carboxylic acids is 1. The molecular formula is C28H24N5O3+. The van der Waals surface area contributed by atoms with Crippen LogP contribution < -0.4 is 15.5 Å². The Morgan fingerprint density at radius 2 is 1.31 bits per heavy atom. The Morgan fingerprint density at radius 1 is 0.806 bits per heavy atom. The molecule has 2 N–H and O–H groups in total. The molecule has 0 bridgehead atoms. The van der Waals surface area contributed by atoms with Gasteiger partial charge in [-0.3, -0.25) is 15.5 Å². The quantitative estimate of drug-likeness (QED) is 0.163. The maximum atomic E-state index is 13.6. The number of amides is 1. The third-order valence-corrected chi connectivity index (χ3v) is 6.29. The van der Waals surface area contributed by atoms with Crippen LogP contribution in [0.4, 0.5) is 10.5 Å². The van der Waals surface area contributed by atoms with Crippen molar-refractivity contribution in [1.82, 2.24) is 15.5 Å². The highest BCUT2D eigenvalue weighted by Gasteiger charge is 2.37. The molecule has 0 spiro atoms. The fourth-order valence-corrected chi connectivity index (χ4v) is 4.67. The van der Waals surface area contributed by atoms with Gasteiger partial charge in [-0.1, -0.05) is 102 Å². The van der Waals surface area contributed by atoms with Crippen LogP contribution >= 0.6 is 0 Å². The Hall–Kier alpha value is -4.82. The number of benzene rings is 4. The molecule has 5 rings (SSSR count). The Balaban J connectivity index is 1.62. The summed E-state index contributed by atoms with van der Waals surface area (Å²) >= 11 is 0. The van der Waals surface area contributed by atoms with Crippen molar-refractivity contribution < 1.29 is 14.4 Å². The molecule has 0 aliphatic rings. The van der Waals surface area contributed by atoms with E-state index in [1.165, 1.54) is 15.4 Å². The predicted molar refractivity (Wildman–Crippen MR) is 136 cm³/mol. The van der Waals surface area contributed by atoms with Crippen LogP contribution in [0.2, 0.25) is 0 Å². The van der Waals surface area contributed by atoms with E-state index in [1.54, 1.807) is 25.4 Å². The van der Waals surface area contributed by atoms with Gasteiger partial charge in [0, 0.05) is 6.07 Å². The number of hydrogen-bond acceptors (Lipinski definition) is 4. The summed E-state index contributed by atoms with van der Waals surface area (Å²) in [6, 6.07) is 33.8. The van der Waals surface area contributed by atoms with E-state index in [0.29, 0.717) is 10.9 Å². The lowest BCUT2D eigenvalue weighted by atomic mass is 9.77. The highest BCUT2D eigenvalue weighted by atomic mass is 16.6. The summed E-state index contributed by atoms with van der Waals surface area (Å²) in [6.07, 6.45) is 1.58.